The zero-order valence-corrected chi connectivity index (χ0v) is 17.2. The van der Waals surface area contributed by atoms with Crippen molar-refractivity contribution < 1.29 is 4.74 Å². The van der Waals surface area contributed by atoms with Crippen molar-refractivity contribution in [2.45, 2.75) is 50.8 Å². The second-order valence-corrected chi connectivity index (χ2v) is 8.57. The first kappa shape index (κ1) is 18.9. The molecule has 1 aromatic heterocycles. The minimum Gasteiger partial charge on any atom is -0.484 e. The van der Waals surface area contributed by atoms with Crippen LogP contribution in [0.4, 0.5) is 0 Å². The lowest BCUT2D eigenvalue weighted by atomic mass is 10.1. The molecule has 2 rings (SSSR count). The molecule has 1 heterocycles. The van der Waals surface area contributed by atoms with Crippen LogP contribution < -0.4 is 4.74 Å². The van der Waals surface area contributed by atoms with Crippen molar-refractivity contribution >= 4 is 39.0 Å². The number of benzene rings is 1. The van der Waals surface area contributed by atoms with Crippen molar-refractivity contribution in [3.63, 3.8) is 0 Å². The summed E-state index contributed by atoms with van der Waals surface area (Å²) in [4.78, 5) is 1.35. The van der Waals surface area contributed by atoms with Gasteiger partial charge in [0.25, 0.3) is 0 Å². The number of unbranched alkanes of at least 4 members (excludes halogenated alkanes) is 2. The maximum Gasteiger partial charge on any atom is 0.177 e. The summed E-state index contributed by atoms with van der Waals surface area (Å²) < 4.78 is 7.14. The van der Waals surface area contributed by atoms with Gasteiger partial charge < -0.3 is 4.74 Å². The van der Waals surface area contributed by atoms with E-state index in [2.05, 4.69) is 59.4 Å². The topological polar surface area (TPSA) is 9.23 Å². The van der Waals surface area contributed by atoms with E-state index in [1.165, 1.54) is 41.0 Å². The molecule has 0 bridgehead atoms. The van der Waals surface area contributed by atoms with Gasteiger partial charge in [-0.05, 0) is 73.6 Å². The predicted molar refractivity (Wildman–Crippen MR) is 107 cm³/mol. The number of thiophene rings is 1. The second-order valence-electron chi connectivity index (χ2n) is 5.65. The molecular weight excluding hydrogens is 388 g/mol. The average Bonchev–Trinajstić information content (AvgIpc) is 2.89. The minimum absolute atomic E-state index is 0.847. The van der Waals surface area contributed by atoms with E-state index in [1.807, 2.05) is 11.8 Å². The van der Waals surface area contributed by atoms with Gasteiger partial charge in [-0.25, -0.2) is 0 Å². The Bertz CT molecular complexity index is 578. The molecule has 0 radical (unpaired) electrons. The van der Waals surface area contributed by atoms with Crippen LogP contribution in [0.5, 0.6) is 5.06 Å². The van der Waals surface area contributed by atoms with E-state index in [0.717, 1.165) is 29.0 Å². The summed E-state index contributed by atoms with van der Waals surface area (Å²) in [5.74, 6) is 1.18. The number of hydrogen-bond donors (Lipinski definition) is 0. The molecule has 126 valence electrons. The van der Waals surface area contributed by atoms with Crippen molar-refractivity contribution in [2.75, 3.05) is 12.4 Å². The number of rotatable bonds is 10. The maximum atomic E-state index is 6.00. The standard InChI is InChI=1S/C19H25BrOS2/c1-3-7-18-15(2)14-23-19(18)21-12-5-4-6-13-22-17-10-8-16(20)9-11-17/h8-11,14H,3-7,12-13H2,1-2H3. The minimum atomic E-state index is 0.847. The van der Waals surface area contributed by atoms with Crippen molar-refractivity contribution in [3.05, 3.63) is 45.2 Å². The van der Waals surface area contributed by atoms with E-state index in [1.54, 1.807) is 11.3 Å². The smallest absolute Gasteiger partial charge is 0.177 e. The van der Waals surface area contributed by atoms with Crippen molar-refractivity contribution in [3.8, 4) is 5.06 Å². The van der Waals surface area contributed by atoms with Crippen LogP contribution in [-0.4, -0.2) is 12.4 Å². The third-order valence-corrected chi connectivity index (χ3v) is 6.35. The van der Waals surface area contributed by atoms with Crippen molar-refractivity contribution in [2.24, 2.45) is 0 Å². The molecule has 0 saturated carbocycles. The predicted octanol–water partition coefficient (Wildman–Crippen LogP) is 7.11. The lowest BCUT2D eigenvalue weighted by Crippen LogP contribution is -1.99. The molecule has 0 fully saturated rings. The van der Waals surface area contributed by atoms with Crippen LogP contribution in [-0.2, 0) is 6.42 Å². The SMILES string of the molecule is CCCc1c(C)csc1OCCCCCSc1ccc(Br)cc1. The third kappa shape index (κ3) is 6.52. The largest absolute Gasteiger partial charge is 0.484 e. The van der Waals surface area contributed by atoms with E-state index < -0.39 is 0 Å². The summed E-state index contributed by atoms with van der Waals surface area (Å²) >= 11 is 7.16. The van der Waals surface area contributed by atoms with Gasteiger partial charge in [0.05, 0.1) is 6.61 Å². The highest BCUT2D eigenvalue weighted by molar-refractivity contribution is 9.10. The summed E-state index contributed by atoms with van der Waals surface area (Å²) in [6.07, 6.45) is 5.94. The van der Waals surface area contributed by atoms with E-state index in [4.69, 9.17) is 4.74 Å². The van der Waals surface area contributed by atoms with Crippen molar-refractivity contribution in [1.29, 1.82) is 0 Å². The molecule has 4 heteroatoms. The molecule has 0 atom stereocenters. The molecule has 1 nitrogen and oxygen atoms in total. The molecule has 1 aromatic carbocycles. The Balaban J connectivity index is 1.58. The molecule has 0 spiro atoms. The van der Waals surface area contributed by atoms with Crippen LogP contribution in [0.2, 0.25) is 0 Å². The van der Waals surface area contributed by atoms with Gasteiger partial charge in [0.15, 0.2) is 5.06 Å². The fourth-order valence-electron chi connectivity index (χ4n) is 2.38. The summed E-state index contributed by atoms with van der Waals surface area (Å²) in [7, 11) is 0. The fraction of sp³-hybridized carbons (Fsp3) is 0.474. The Morgan fingerprint density at radius 1 is 1.13 bits per heavy atom. The molecule has 0 aliphatic carbocycles. The highest BCUT2D eigenvalue weighted by Crippen LogP contribution is 2.31. The third-order valence-electron chi connectivity index (χ3n) is 3.67. The molecule has 0 N–H and O–H groups in total. The Kier molecular flexibility index (Phi) is 8.56. The highest BCUT2D eigenvalue weighted by atomic mass is 79.9. The summed E-state index contributed by atoms with van der Waals surface area (Å²) in [6, 6.07) is 8.55. The van der Waals surface area contributed by atoms with E-state index in [9.17, 15) is 0 Å². The van der Waals surface area contributed by atoms with Gasteiger partial charge >= 0.3 is 0 Å². The van der Waals surface area contributed by atoms with Gasteiger partial charge in [0.2, 0.25) is 0 Å². The Hall–Kier alpha value is -0.450. The molecule has 0 aliphatic rings. The summed E-state index contributed by atoms with van der Waals surface area (Å²) in [6.45, 7) is 5.26. The van der Waals surface area contributed by atoms with Crippen LogP contribution in [0.1, 0.15) is 43.7 Å². The highest BCUT2D eigenvalue weighted by Gasteiger charge is 2.08. The maximum absolute atomic E-state index is 6.00. The van der Waals surface area contributed by atoms with Crippen LogP contribution in [0.3, 0.4) is 0 Å². The number of halogens is 1. The fourth-order valence-corrected chi connectivity index (χ4v) is 4.54. The first-order chi connectivity index (χ1) is 11.2. The lowest BCUT2D eigenvalue weighted by Gasteiger charge is -2.07. The molecule has 0 aliphatic heterocycles. The van der Waals surface area contributed by atoms with Crippen LogP contribution in [0.15, 0.2) is 39.0 Å². The van der Waals surface area contributed by atoms with Gasteiger partial charge in [-0.1, -0.05) is 29.3 Å². The summed E-state index contributed by atoms with van der Waals surface area (Å²) in [5, 5.41) is 3.36. The molecule has 0 saturated heterocycles. The van der Waals surface area contributed by atoms with Crippen LogP contribution >= 0.6 is 39.0 Å². The first-order valence-electron chi connectivity index (χ1n) is 8.29. The quantitative estimate of drug-likeness (QED) is 0.303. The summed E-state index contributed by atoms with van der Waals surface area (Å²) in [5.41, 5.74) is 2.81. The van der Waals surface area contributed by atoms with Gasteiger partial charge in [0, 0.05) is 14.9 Å². The zero-order valence-electron chi connectivity index (χ0n) is 13.9. The Labute approximate surface area is 157 Å². The molecule has 23 heavy (non-hydrogen) atoms. The van der Waals surface area contributed by atoms with Gasteiger partial charge in [-0.15, -0.1) is 23.1 Å². The van der Waals surface area contributed by atoms with Gasteiger partial charge in [-0.2, -0.15) is 0 Å². The molecule has 0 unspecified atom stereocenters. The molecule has 2 aromatic rings. The number of hydrogen-bond acceptors (Lipinski definition) is 3. The molecular formula is C19H25BrOS2. The Morgan fingerprint density at radius 3 is 2.65 bits per heavy atom. The number of ether oxygens (including phenoxy) is 1. The van der Waals surface area contributed by atoms with Crippen LogP contribution in [0.25, 0.3) is 0 Å². The second kappa shape index (κ2) is 10.4. The number of aryl methyl sites for hydroxylation is 1. The average molecular weight is 413 g/mol. The number of thioether (sulfide) groups is 1. The normalized spacial score (nSPS) is 10.9. The molecule has 0 amide bonds. The monoisotopic (exact) mass is 412 g/mol. The van der Waals surface area contributed by atoms with Crippen molar-refractivity contribution in [1.82, 2.24) is 0 Å². The van der Waals surface area contributed by atoms with E-state index in [-0.39, 0.29) is 0 Å². The first-order valence-corrected chi connectivity index (χ1v) is 10.9. The van der Waals surface area contributed by atoms with E-state index >= 15 is 0 Å². The van der Waals surface area contributed by atoms with E-state index in [0.29, 0.717) is 0 Å². The van der Waals surface area contributed by atoms with Gasteiger partial charge in [-0.3, -0.25) is 0 Å². The van der Waals surface area contributed by atoms with Gasteiger partial charge in [0.1, 0.15) is 0 Å². The zero-order chi connectivity index (χ0) is 16.5. The Morgan fingerprint density at radius 2 is 1.91 bits per heavy atom. The van der Waals surface area contributed by atoms with Crippen LogP contribution in [0, 0.1) is 6.92 Å². The lowest BCUT2D eigenvalue weighted by molar-refractivity contribution is 0.312.